The van der Waals surface area contributed by atoms with Gasteiger partial charge in [0.15, 0.2) is 0 Å². The summed E-state index contributed by atoms with van der Waals surface area (Å²) in [6.07, 6.45) is 7.59. The van der Waals surface area contributed by atoms with E-state index >= 15 is 0 Å². The van der Waals surface area contributed by atoms with Crippen LogP contribution in [0.5, 0.6) is 0 Å². The maximum atomic E-state index is 12.9. The van der Waals surface area contributed by atoms with Crippen LogP contribution in [0.1, 0.15) is 36.0 Å². The molecule has 1 amide bonds. The summed E-state index contributed by atoms with van der Waals surface area (Å²) < 4.78 is 12.2. The molecule has 0 bridgehead atoms. The second-order valence-corrected chi connectivity index (χ2v) is 7.09. The van der Waals surface area contributed by atoms with E-state index in [0.29, 0.717) is 18.7 Å². The van der Waals surface area contributed by atoms with Gasteiger partial charge in [0.05, 0.1) is 37.2 Å². The van der Waals surface area contributed by atoms with Crippen molar-refractivity contribution < 1.29 is 14.3 Å². The highest BCUT2D eigenvalue weighted by Crippen LogP contribution is 2.31. The molecule has 4 heterocycles. The summed E-state index contributed by atoms with van der Waals surface area (Å²) in [5, 5.41) is 7.58. The van der Waals surface area contributed by atoms with Crippen LogP contribution >= 0.6 is 0 Å². The molecule has 0 N–H and O–H groups in total. The quantitative estimate of drug-likeness (QED) is 0.791. The highest BCUT2D eigenvalue weighted by molar-refractivity contribution is 5.94. The Morgan fingerprint density at radius 3 is 2.96 bits per heavy atom. The number of carbonyl (C=O) groups is 1. The third-order valence-electron chi connectivity index (χ3n) is 5.51. The summed E-state index contributed by atoms with van der Waals surface area (Å²) in [5.41, 5.74) is 0.581. The average molecular weight is 346 g/mol. The van der Waals surface area contributed by atoms with Crippen LogP contribution in [0, 0.1) is 0 Å². The fourth-order valence-electron chi connectivity index (χ4n) is 4.21. The van der Waals surface area contributed by atoms with Crippen molar-refractivity contribution in [3.8, 4) is 0 Å². The highest BCUT2D eigenvalue weighted by atomic mass is 16.5. The summed E-state index contributed by atoms with van der Waals surface area (Å²) >= 11 is 0. The first-order valence-electron chi connectivity index (χ1n) is 9.36. The average Bonchev–Trinajstić information content (AvgIpc) is 3.30. The Morgan fingerprint density at radius 1 is 1.28 bits per heavy atom. The molecule has 1 aromatic heterocycles. The fourth-order valence-corrected chi connectivity index (χ4v) is 4.21. The predicted molar refractivity (Wildman–Crippen MR) is 91.2 cm³/mol. The third kappa shape index (κ3) is 3.68. The zero-order valence-electron chi connectivity index (χ0n) is 14.5. The highest BCUT2D eigenvalue weighted by Gasteiger charge is 2.46. The molecule has 0 radical (unpaired) electrons. The smallest absolute Gasteiger partial charge is 0.255 e. The molecule has 7 nitrogen and oxygen atoms in total. The lowest BCUT2D eigenvalue weighted by Crippen LogP contribution is -2.44. The zero-order chi connectivity index (χ0) is 17.1. The van der Waals surface area contributed by atoms with Gasteiger partial charge in [-0.15, -0.1) is 0 Å². The fraction of sp³-hybridized carbons (Fsp3) is 0.722. The minimum Gasteiger partial charge on any atom is -0.373 e. The Morgan fingerprint density at radius 2 is 2.16 bits per heavy atom. The van der Waals surface area contributed by atoms with Crippen LogP contribution in [0.25, 0.3) is 0 Å². The molecule has 4 rings (SSSR count). The molecule has 0 aliphatic carbocycles. The van der Waals surface area contributed by atoms with E-state index in [1.54, 1.807) is 12.3 Å². The molecule has 3 atom stereocenters. The van der Waals surface area contributed by atoms with Gasteiger partial charge in [-0.2, -0.15) is 10.2 Å². The number of ether oxygens (including phenoxy) is 2. The van der Waals surface area contributed by atoms with Crippen LogP contribution < -0.4 is 0 Å². The van der Waals surface area contributed by atoms with Crippen molar-refractivity contribution >= 4 is 5.91 Å². The van der Waals surface area contributed by atoms with Crippen LogP contribution in [0.15, 0.2) is 18.5 Å². The standard InChI is InChI=1S/C18H26N4O3/c23-18(14-5-6-19-20-12-14)22-13-16(17-15(22)4-3-10-25-17)24-11-9-21-7-1-2-8-21/h5-6,12,15-17H,1-4,7-11,13H2/t15-,16+,17+/m1/s1. The molecule has 136 valence electrons. The van der Waals surface area contributed by atoms with Crippen molar-refractivity contribution in [2.24, 2.45) is 0 Å². The van der Waals surface area contributed by atoms with E-state index in [1.165, 1.54) is 32.1 Å². The van der Waals surface area contributed by atoms with E-state index < -0.39 is 0 Å². The summed E-state index contributed by atoms with van der Waals surface area (Å²) in [5.74, 6) is 0.000966. The number of amides is 1. The van der Waals surface area contributed by atoms with Crippen molar-refractivity contribution in [1.29, 1.82) is 0 Å². The van der Waals surface area contributed by atoms with E-state index in [9.17, 15) is 4.79 Å². The summed E-state index contributed by atoms with van der Waals surface area (Å²) in [7, 11) is 0. The van der Waals surface area contributed by atoms with Gasteiger partial charge >= 0.3 is 0 Å². The van der Waals surface area contributed by atoms with Crippen molar-refractivity contribution in [3.63, 3.8) is 0 Å². The number of rotatable bonds is 5. The van der Waals surface area contributed by atoms with Gasteiger partial charge < -0.3 is 19.3 Å². The number of hydrogen-bond donors (Lipinski definition) is 0. The lowest BCUT2D eigenvalue weighted by molar-refractivity contribution is -0.0782. The molecule has 3 saturated heterocycles. The zero-order valence-corrected chi connectivity index (χ0v) is 14.5. The van der Waals surface area contributed by atoms with Gasteiger partial charge in [0.1, 0.15) is 12.2 Å². The number of nitrogens with zero attached hydrogens (tertiary/aromatic N) is 4. The van der Waals surface area contributed by atoms with E-state index in [0.717, 1.165) is 26.0 Å². The van der Waals surface area contributed by atoms with Gasteiger partial charge in [0, 0.05) is 13.2 Å². The third-order valence-corrected chi connectivity index (χ3v) is 5.51. The van der Waals surface area contributed by atoms with E-state index in [-0.39, 0.29) is 24.2 Å². The Hall–Kier alpha value is -1.57. The topological polar surface area (TPSA) is 67.8 Å². The lowest BCUT2D eigenvalue weighted by atomic mass is 10.0. The monoisotopic (exact) mass is 346 g/mol. The molecule has 1 aromatic rings. The molecule has 0 saturated carbocycles. The maximum Gasteiger partial charge on any atom is 0.255 e. The number of likely N-dealkylation sites (tertiary alicyclic amines) is 2. The van der Waals surface area contributed by atoms with Crippen molar-refractivity contribution in [2.75, 3.05) is 39.4 Å². The number of hydrogen-bond acceptors (Lipinski definition) is 6. The number of carbonyl (C=O) groups excluding carboxylic acids is 1. The maximum absolute atomic E-state index is 12.9. The second-order valence-electron chi connectivity index (χ2n) is 7.09. The Labute approximate surface area is 148 Å². The molecule has 3 aliphatic heterocycles. The Bertz CT molecular complexity index is 579. The van der Waals surface area contributed by atoms with Gasteiger partial charge in [-0.1, -0.05) is 0 Å². The van der Waals surface area contributed by atoms with Gasteiger partial charge in [0.2, 0.25) is 0 Å². The van der Waals surface area contributed by atoms with Crippen LogP contribution in [-0.4, -0.2) is 83.5 Å². The van der Waals surface area contributed by atoms with Gasteiger partial charge in [-0.25, -0.2) is 0 Å². The van der Waals surface area contributed by atoms with Crippen LogP contribution in [0.3, 0.4) is 0 Å². The van der Waals surface area contributed by atoms with E-state index in [1.807, 2.05) is 4.90 Å². The van der Waals surface area contributed by atoms with Crippen molar-refractivity contribution in [2.45, 2.75) is 43.9 Å². The second kappa shape index (κ2) is 7.76. The Balaban J connectivity index is 1.39. The van der Waals surface area contributed by atoms with Crippen LogP contribution in [-0.2, 0) is 9.47 Å². The first-order chi connectivity index (χ1) is 12.3. The van der Waals surface area contributed by atoms with E-state index in [4.69, 9.17) is 9.47 Å². The van der Waals surface area contributed by atoms with E-state index in [2.05, 4.69) is 15.1 Å². The molecule has 25 heavy (non-hydrogen) atoms. The minimum atomic E-state index is -0.0355. The predicted octanol–water partition coefficient (Wildman–Crippen LogP) is 0.961. The molecular formula is C18H26N4O3. The van der Waals surface area contributed by atoms with Gasteiger partial charge in [-0.05, 0) is 44.8 Å². The molecule has 3 aliphatic rings. The molecule has 3 fully saturated rings. The summed E-state index contributed by atoms with van der Waals surface area (Å²) in [6, 6.07) is 1.82. The molecule has 7 heteroatoms. The molecule has 0 unspecified atom stereocenters. The van der Waals surface area contributed by atoms with Gasteiger partial charge in [0.25, 0.3) is 5.91 Å². The molecule has 0 aromatic carbocycles. The normalized spacial score (nSPS) is 29.8. The van der Waals surface area contributed by atoms with Crippen LogP contribution in [0.2, 0.25) is 0 Å². The minimum absolute atomic E-state index is 0.000966. The van der Waals surface area contributed by atoms with Crippen LogP contribution in [0.4, 0.5) is 0 Å². The first-order valence-corrected chi connectivity index (χ1v) is 9.36. The SMILES string of the molecule is O=C(c1ccnnc1)N1C[C@H](OCCN2CCCC2)[C@H]2OCCC[C@H]21. The largest absolute Gasteiger partial charge is 0.373 e. The summed E-state index contributed by atoms with van der Waals surface area (Å²) in [4.78, 5) is 17.2. The first kappa shape index (κ1) is 16.9. The van der Waals surface area contributed by atoms with Crippen molar-refractivity contribution in [3.05, 3.63) is 24.0 Å². The lowest BCUT2D eigenvalue weighted by Gasteiger charge is -2.32. The molecular weight excluding hydrogens is 320 g/mol. The number of aromatic nitrogens is 2. The number of fused-ring (bicyclic) bond motifs is 1. The van der Waals surface area contributed by atoms with Crippen molar-refractivity contribution in [1.82, 2.24) is 20.0 Å². The summed E-state index contributed by atoms with van der Waals surface area (Å²) in [6.45, 7) is 5.38. The Kier molecular flexibility index (Phi) is 5.24. The molecule has 0 spiro atoms. The van der Waals surface area contributed by atoms with Gasteiger partial charge in [-0.3, -0.25) is 4.79 Å².